The lowest BCUT2D eigenvalue weighted by atomic mass is 9.99. The zero-order valence-corrected chi connectivity index (χ0v) is 39.8. The molecule has 0 bridgehead atoms. The molecule has 7 atom stereocenters. The Bertz CT molecular complexity index is 1250. The molecular formula is C49H91NO11S. The van der Waals surface area contributed by atoms with Crippen LogP contribution in [0.4, 0.5) is 0 Å². The van der Waals surface area contributed by atoms with Crippen LogP contribution < -0.4 is 5.32 Å². The normalized spacial score (nSPS) is 20.8. The number of nitrogens with one attached hydrogen (secondary N) is 1. The number of aliphatic hydroxyl groups is 4. The topological polar surface area (TPSA) is 192 Å². The number of ether oxygens (including phenoxy) is 2. The summed E-state index contributed by atoms with van der Waals surface area (Å²) in [7, 11) is -5.08. The van der Waals surface area contributed by atoms with E-state index in [1.807, 2.05) is 6.08 Å². The molecule has 1 saturated heterocycles. The third-order valence-electron chi connectivity index (χ3n) is 11.7. The van der Waals surface area contributed by atoms with Gasteiger partial charge in [0.2, 0.25) is 5.91 Å². The van der Waals surface area contributed by atoms with Gasteiger partial charge in [-0.25, -0.2) is 4.18 Å². The van der Waals surface area contributed by atoms with Crippen LogP contribution >= 0.6 is 0 Å². The van der Waals surface area contributed by atoms with Crippen molar-refractivity contribution in [1.29, 1.82) is 0 Å². The molecule has 0 aromatic carbocycles. The predicted octanol–water partition coefficient (Wildman–Crippen LogP) is 10.3. The Balaban J connectivity index is 2.37. The summed E-state index contributed by atoms with van der Waals surface area (Å²) in [4.78, 5) is 13.0. The highest BCUT2D eigenvalue weighted by atomic mass is 32.3. The highest BCUT2D eigenvalue weighted by Gasteiger charge is 2.48. The second kappa shape index (κ2) is 39.7. The number of carbonyl (C=O) groups is 1. The molecule has 62 heavy (non-hydrogen) atoms. The van der Waals surface area contributed by atoms with Crippen LogP contribution in [0.25, 0.3) is 0 Å². The van der Waals surface area contributed by atoms with Gasteiger partial charge in [0.1, 0.15) is 24.4 Å². The van der Waals surface area contributed by atoms with E-state index in [0.29, 0.717) is 6.42 Å². The average Bonchev–Trinajstić information content (AvgIpc) is 3.24. The van der Waals surface area contributed by atoms with Gasteiger partial charge in [-0.15, -0.1) is 0 Å². The molecule has 1 rings (SSSR count). The van der Waals surface area contributed by atoms with Crippen molar-refractivity contribution in [3.05, 3.63) is 36.5 Å². The molecule has 13 heteroatoms. The molecule has 6 N–H and O–H groups in total. The highest BCUT2D eigenvalue weighted by molar-refractivity contribution is 7.80. The molecule has 1 fully saturated rings. The quantitative estimate of drug-likeness (QED) is 0.0194. The van der Waals surface area contributed by atoms with Crippen molar-refractivity contribution in [3.63, 3.8) is 0 Å². The van der Waals surface area contributed by atoms with Gasteiger partial charge < -0.3 is 35.2 Å². The van der Waals surface area contributed by atoms with Crippen molar-refractivity contribution in [2.24, 2.45) is 0 Å². The molecule has 364 valence electrons. The molecule has 0 spiro atoms. The monoisotopic (exact) mass is 902 g/mol. The highest BCUT2D eigenvalue weighted by Crippen LogP contribution is 2.26. The fourth-order valence-electron chi connectivity index (χ4n) is 7.78. The molecule has 1 heterocycles. The predicted molar refractivity (Wildman–Crippen MR) is 250 cm³/mol. The van der Waals surface area contributed by atoms with E-state index in [2.05, 4.69) is 47.7 Å². The summed E-state index contributed by atoms with van der Waals surface area (Å²) >= 11 is 0. The van der Waals surface area contributed by atoms with Crippen molar-refractivity contribution >= 4 is 16.3 Å². The number of rotatable bonds is 42. The molecule has 1 aliphatic heterocycles. The van der Waals surface area contributed by atoms with Crippen LogP contribution in [-0.4, -0.2) is 95.4 Å². The van der Waals surface area contributed by atoms with Crippen LogP contribution in [-0.2, 0) is 28.9 Å². The summed E-state index contributed by atoms with van der Waals surface area (Å²) in [6, 6.07) is -0.944. The summed E-state index contributed by atoms with van der Waals surface area (Å²) in [6.07, 6.45) is 39.2. The van der Waals surface area contributed by atoms with E-state index in [-0.39, 0.29) is 18.9 Å². The van der Waals surface area contributed by atoms with Gasteiger partial charge in [-0.1, -0.05) is 192 Å². The molecule has 1 aliphatic rings. The second-order valence-corrected chi connectivity index (χ2v) is 18.4. The Kier molecular flexibility index (Phi) is 37.3. The fourth-order valence-corrected chi connectivity index (χ4v) is 8.29. The molecule has 12 nitrogen and oxygen atoms in total. The van der Waals surface area contributed by atoms with E-state index in [1.54, 1.807) is 6.08 Å². The van der Waals surface area contributed by atoms with Crippen molar-refractivity contribution in [3.8, 4) is 0 Å². The molecule has 0 aromatic heterocycles. The maximum atomic E-state index is 13.0. The minimum Gasteiger partial charge on any atom is -0.394 e. The van der Waals surface area contributed by atoms with E-state index in [9.17, 15) is 38.2 Å². The standard InChI is InChI=1S/C49H91NO11S/c1-3-5-7-9-11-13-15-16-17-18-19-20-21-22-23-24-25-26-27-28-29-31-33-35-37-39-45(53)50-42(43(52)38-36-34-32-30-14-12-10-8-6-4-2)41-59-49-47(55)48(61-62(56,57)58)46(54)44(40-51)60-49/h19-20,22-23,36,38,42-44,46-49,51-52,54-55H,3-18,21,24-35,37,39-41H2,1-2H3,(H,50,53)(H,56,57,58)/b20-19-,23-22-,38-36+. The van der Waals surface area contributed by atoms with Crippen molar-refractivity contribution in [2.45, 2.75) is 256 Å². The summed E-state index contributed by atoms with van der Waals surface area (Å²) in [6.45, 7) is 3.36. The number of carbonyl (C=O) groups excluding carboxylic acids is 1. The Morgan fingerprint density at radius 2 is 1.08 bits per heavy atom. The van der Waals surface area contributed by atoms with E-state index in [0.717, 1.165) is 57.8 Å². The average molecular weight is 902 g/mol. The molecule has 0 radical (unpaired) electrons. The Labute approximate surface area is 377 Å². The molecule has 0 saturated carbocycles. The van der Waals surface area contributed by atoms with Gasteiger partial charge in [0.25, 0.3) is 0 Å². The minimum absolute atomic E-state index is 0.263. The molecule has 7 unspecified atom stereocenters. The van der Waals surface area contributed by atoms with Gasteiger partial charge in [0.15, 0.2) is 6.29 Å². The van der Waals surface area contributed by atoms with Gasteiger partial charge >= 0.3 is 10.4 Å². The second-order valence-electron chi connectivity index (χ2n) is 17.4. The zero-order chi connectivity index (χ0) is 45.5. The fraction of sp³-hybridized carbons (Fsp3) is 0.857. The maximum absolute atomic E-state index is 13.0. The molecular weight excluding hydrogens is 811 g/mol. The van der Waals surface area contributed by atoms with Gasteiger partial charge in [-0.3, -0.25) is 9.35 Å². The van der Waals surface area contributed by atoms with Crippen LogP contribution in [0.3, 0.4) is 0 Å². The van der Waals surface area contributed by atoms with Gasteiger partial charge in [0.05, 0.1) is 25.4 Å². The van der Waals surface area contributed by atoms with Crippen LogP contribution in [0, 0.1) is 0 Å². The van der Waals surface area contributed by atoms with Gasteiger partial charge in [0, 0.05) is 6.42 Å². The van der Waals surface area contributed by atoms with Gasteiger partial charge in [-0.2, -0.15) is 8.42 Å². The Morgan fingerprint density at radius 3 is 1.53 bits per heavy atom. The smallest absolute Gasteiger partial charge is 0.394 e. The summed E-state index contributed by atoms with van der Waals surface area (Å²) in [5.74, 6) is -0.269. The lowest BCUT2D eigenvalue weighted by molar-refractivity contribution is -0.298. The summed E-state index contributed by atoms with van der Waals surface area (Å²) in [5, 5.41) is 44.6. The first-order valence-corrected chi connectivity index (χ1v) is 26.2. The number of unbranched alkanes of at least 4 members (excludes halogenated alkanes) is 26. The third-order valence-corrected chi connectivity index (χ3v) is 12.1. The number of allylic oxidation sites excluding steroid dienone is 5. The van der Waals surface area contributed by atoms with Crippen LogP contribution in [0.2, 0.25) is 0 Å². The minimum atomic E-state index is -5.08. The zero-order valence-electron chi connectivity index (χ0n) is 38.9. The number of hydrogen-bond acceptors (Lipinski definition) is 10. The largest absolute Gasteiger partial charge is 0.397 e. The van der Waals surface area contributed by atoms with E-state index in [1.165, 1.54) is 128 Å². The third kappa shape index (κ3) is 32.1. The summed E-state index contributed by atoms with van der Waals surface area (Å²) < 4.78 is 47.5. The van der Waals surface area contributed by atoms with Crippen LogP contribution in [0.1, 0.15) is 213 Å². The first-order chi connectivity index (χ1) is 30.0. The first kappa shape index (κ1) is 58.3. The van der Waals surface area contributed by atoms with Crippen molar-refractivity contribution in [2.75, 3.05) is 13.2 Å². The lowest BCUT2D eigenvalue weighted by Gasteiger charge is -2.41. The van der Waals surface area contributed by atoms with E-state index in [4.69, 9.17) is 9.47 Å². The van der Waals surface area contributed by atoms with Gasteiger partial charge in [-0.05, 0) is 51.4 Å². The molecule has 1 amide bonds. The summed E-state index contributed by atoms with van der Waals surface area (Å²) in [5.41, 5.74) is 0. The van der Waals surface area contributed by atoms with Crippen molar-refractivity contribution < 1.29 is 51.8 Å². The first-order valence-electron chi connectivity index (χ1n) is 24.9. The molecule has 0 aliphatic carbocycles. The number of amides is 1. The SMILES string of the molecule is CCCCCCCCCC/C=C/C(O)C(COC1OC(CO)C(O)C(OS(=O)(=O)O)C1O)NC(=O)CCCCCCCCCCC/C=C\C/C=C\CCCCCCCCCCC. The number of hydrogen-bond donors (Lipinski definition) is 6. The van der Waals surface area contributed by atoms with E-state index >= 15 is 0 Å². The maximum Gasteiger partial charge on any atom is 0.397 e. The van der Waals surface area contributed by atoms with Crippen LogP contribution in [0.15, 0.2) is 36.5 Å². The van der Waals surface area contributed by atoms with E-state index < -0.39 is 59.9 Å². The lowest BCUT2D eigenvalue weighted by Crippen LogP contribution is -2.61. The number of aliphatic hydroxyl groups excluding tert-OH is 4. The van der Waals surface area contributed by atoms with Crippen LogP contribution in [0.5, 0.6) is 0 Å². The van der Waals surface area contributed by atoms with Crippen molar-refractivity contribution in [1.82, 2.24) is 5.32 Å². The Hall–Kier alpha value is -1.68. The molecule has 0 aromatic rings. The Morgan fingerprint density at radius 1 is 0.645 bits per heavy atom.